The van der Waals surface area contributed by atoms with Crippen LogP contribution in [0.2, 0.25) is 5.02 Å². The second kappa shape index (κ2) is 7.90. The summed E-state index contributed by atoms with van der Waals surface area (Å²) in [6.07, 6.45) is 0.334. The van der Waals surface area contributed by atoms with Crippen LogP contribution in [0.25, 0.3) is 0 Å². The molecule has 4 heteroatoms. The van der Waals surface area contributed by atoms with Crippen LogP contribution < -0.4 is 5.32 Å². The monoisotopic (exact) mass is 267 g/mol. The van der Waals surface area contributed by atoms with Gasteiger partial charge in [-0.15, -0.1) is 0 Å². The summed E-state index contributed by atoms with van der Waals surface area (Å²) in [6, 6.07) is 7.29. The molecular weight excluding hydrogens is 250 g/mol. The van der Waals surface area contributed by atoms with Gasteiger partial charge in [0.25, 0.3) is 0 Å². The van der Waals surface area contributed by atoms with Gasteiger partial charge in [0.1, 0.15) is 0 Å². The van der Waals surface area contributed by atoms with Crippen molar-refractivity contribution < 1.29 is 9.53 Å². The lowest BCUT2D eigenvalue weighted by atomic mass is 10.1. The third-order valence-corrected chi connectivity index (χ3v) is 2.41. The van der Waals surface area contributed by atoms with Crippen molar-refractivity contribution in [1.82, 2.24) is 5.32 Å². The Hall–Kier alpha value is -1.32. The molecule has 0 bridgehead atoms. The van der Waals surface area contributed by atoms with E-state index in [1.807, 2.05) is 19.1 Å². The van der Waals surface area contributed by atoms with Crippen LogP contribution in [0.1, 0.15) is 12.5 Å². The fourth-order valence-electron chi connectivity index (χ4n) is 1.40. The third-order valence-electron chi connectivity index (χ3n) is 2.17. The molecule has 0 aromatic heterocycles. The Balaban J connectivity index is 2.20. The number of carbonyl (C=O) groups is 1. The first-order chi connectivity index (χ1) is 8.58. The molecule has 0 saturated heterocycles. The first-order valence-corrected chi connectivity index (χ1v) is 6.19. The van der Waals surface area contributed by atoms with Gasteiger partial charge in [0, 0.05) is 11.6 Å². The second-order valence-corrected chi connectivity index (χ2v) is 4.60. The van der Waals surface area contributed by atoms with E-state index in [0.29, 0.717) is 31.2 Å². The Bertz CT molecular complexity index is 418. The number of halogens is 1. The van der Waals surface area contributed by atoms with Gasteiger partial charge in [-0.3, -0.25) is 4.79 Å². The molecule has 1 N–H and O–H groups in total. The highest BCUT2D eigenvalue weighted by Crippen LogP contribution is 2.10. The van der Waals surface area contributed by atoms with Crippen LogP contribution in [0.5, 0.6) is 0 Å². The number of nitrogens with one attached hydrogen (secondary N) is 1. The summed E-state index contributed by atoms with van der Waals surface area (Å²) in [6.45, 7) is 7.16. The molecule has 0 saturated carbocycles. The highest BCUT2D eigenvalue weighted by atomic mass is 35.5. The summed E-state index contributed by atoms with van der Waals surface area (Å²) in [5.74, 6) is -0.0313. The smallest absolute Gasteiger partial charge is 0.224 e. The van der Waals surface area contributed by atoms with Gasteiger partial charge in [-0.2, -0.15) is 0 Å². The first-order valence-electron chi connectivity index (χ1n) is 5.81. The Labute approximate surface area is 113 Å². The Morgan fingerprint density at radius 1 is 1.50 bits per heavy atom. The van der Waals surface area contributed by atoms with Gasteiger partial charge in [0.15, 0.2) is 0 Å². The van der Waals surface area contributed by atoms with Crippen molar-refractivity contribution in [2.24, 2.45) is 0 Å². The second-order valence-electron chi connectivity index (χ2n) is 4.17. The Morgan fingerprint density at radius 3 is 2.94 bits per heavy atom. The molecular formula is C14H18ClNO2. The number of hydrogen-bond donors (Lipinski definition) is 1. The van der Waals surface area contributed by atoms with Crippen molar-refractivity contribution in [3.8, 4) is 0 Å². The van der Waals surface area contributed by atoms with Crippen LogP contribution in [0.3, 0.4) is 0 Å². The molecule has 0 radical (unpaired) electrons. The summed E-state index contributed by atoms with van der Waals surface area (Å²) < 4.78 is 5.28. The van der Waals surface area contributed by atoms with Gasteiger partial charge < -0.3 is 10.1 Å². The zero-order chi connectivity index (χ0) is 13.4. The minimum absolute atomic E-state index is 0.0313. The third kappa shape index (κ3) is 6.42. The van der Waals surface area contributed by atoms with Gasteiger partial charge in [0.05, 0.1) is 19.6 Å². The predicted molar refractivity (Wildman–Crippen MR) is 73.8 cm³/mol. The maximum Gasteiger partial charge on any atom is 0.224 e. The summed E-state index contributed by atoms with van der Waals surface area (Å²) in [4.78, 5) is 11.6. The molecule has 1 amide bonds. The molecule has 1 aromatic carbocycles. The van der Waals surface area contributed by atoms with Crippen molar-refractivity contribution in [3.63, 3.8) is 0 Å². The summed E-state index contributed by atoms with van der Waals surface area (Å²) in [5, 5.41) is 3.43. The molecule has 0 unspecified atom stereocenters. The van der Waals surface area contributed by atoms with Crippen LogP contribution in [-0.4, -0.2) is 25.7 Å². The Morgan fingerprint density at radius 2 is 2.28 bits per heavy atom. The lowest BCUT2D eigenvalue weighted by Crippen LogP contribution is -2.28. The number of rotatable bonds is 7. The zero-order valence-electron chi connectivity index (χ0n) is 10.5. The number of benzene rings is 1. The van der Waals surface area contributed by atoms with Crippen LogP contribution in [0.4, 0.5) is 0 Å². The predicted octanol–water partition coefficient (Wildman–Crippen LogP) is 2.59. The van der Waals surface area contributed by atoms with Gasteiger partial charge in [0.2, 0.25) is 5.91 Å². The number of ether oxygens (including phenoxy) is 1. The number of carbonyl (C=O) groups excluding carboxylic acids is 1. The van der Waals surface area contributed by atoms with Gasteiger partial charge in [-0.25, -0.2) is 0 Å². The van der Waals surface area contributed by atoms with E-state index >= 15 is 0 Å². The normalized spacial score (nSPS) is 10.1. The molecule has 0 fully saturated rings. The highest BCUT2D eigenvalue weighted by Gasteiger charge is 2.03. The molecule has 0 atom stereocenters. The lowest BCUT2D eigenvalue weighted by Gasteiger charge is -2.06. The molecule has 0 aliphatic heterocycles. The average molecular weight is 268 g/mol. The van der Waals surface area contributed by atoms with E-state index in [9.17, 15) is 4.79 Å². The topological polar surface area (TPSA) is 38.3 Å². The molecule has 3 nitrogen and oxygen atoms in total. The van der Waals surface area contributed by atoms with E-state index in [1.54, 1.807) is 12.1 Å². The molecule has 1 aromatic rings. The highest BCUT2D eigenvalue weighted by molar-refractivity contribution is 6.30. The minimum atomic E-state index is -0.0313. The van der Waals surface area contributed by atoms with Crippen molar-refractivity contribution >= 4 is 17.5 Å². The number of hydrogen-bond acceptors (Lipinski definition) is 2. The van der Waals surface area contributed by atoms with Crippen molar-refractivity contribution in [2.75, 3.05) is 19.8 Å². The molecule has 18 heavy (non-hydrogen) atoms. The summed E-state index contributed by atoms with van der Waals surface area (Å²) in [7, 11) is 0. The fourth-order valence-corrected chi connectivity index (χ4v) is 1.62. The molecule has 0 spiro atoms. The lowest BCUT2D eigenvalue weighted by molar-refractivity contribution is -0.120. The molecule has 98 valence electrons. The van der Waals surface area contributed by atoms with Crippen LogP contribution in [0, 0.1) is 0 Å². The molecule has 1 rings (SSSR count). The van der Waals surface area contributed by atoms with Gasteiger partial charge in [-0.05, 0) is 24.6 Å². The number of amides is 1. The van der Waals surface area contributed by atoms with Gasteiger partial charge in [-0.1, -0.05) is 35.9 Å². The quantitative estimate of drug-likeness (QED) is 0.609. The Kier molecular flexibility index (Phi) is 6.47. The van der Waals surface area contributed by atoms with Crippen LogP contribution in [0.15, 0.2) is 36.4 Å². The maximum atomic E-state index is 11.6. The first kappa shape index (κ1) is 14.7. The molecule has 0 aliphatic rings. The van der Waals surface area contributed by atoms with E-state index < -0.39 is 0 Å². The van der Waals surface area contributed by atoms with Gasteiger partial charge >= 0.3 is 0 Å². The standard InChI is InChI=1S/C14H18ClNO2/c1-11(2)10-18-7-6-16-14(17)9-12-4-3-5-13(15)8-12/h3-5,8H,1,6-7,9-10H2,2H3,(H,16,17). The van der Waals surface area contributed by atoms with E-state index in [1.165, 1.54) is 0 Å². The fraction of sp³-hybridized carbons (Fsp3) is 0.357. The summed E-state index contributed by atoms with van der Waals surface area (Å²) >= 11 is 5.84. The SMILES string of the molecule is C=C(C)COCCNC(=O)Cc1cccc(Cl)c1. The summed E-state index contributed by atoms with van der Waals surface area (Å²) in [5.41, 5.74) is 1.88. The largest absolute Gasteiger partial charge is 0.375 e. The van der Waals surface area contributed by atoms with E-state index in [0.717, 1.165) is 11.1 Å². The maximum absolute atomic E-state index is 11.6. The van der Waals surface area contributed by atoms with Crippen molar-refractivity contribution in [1.29, 1.82) is 0 Å². The molecule has 0 aliphatic carbocycles. The average Bonchev–Trinajstić information content (AvgIpc) is 2.28. The van der Waals surface area contributed by atoms with Crippen molar-refractivity contribution in [3.05, 3.63) is 47.0 Å². The van der Waals surface area contributed by atoms with Crippen LogP contribution >= 0.6 is 11.6 Å². The molecule has 0 heterocycles. The zero-order valence-corrected chi connectivity index (χ0v) is 11.3. The minimum Gasteiger partial charge on any atom is -0.375 e. The van der Waals surface area contributed by atoms with E-state index in [-0.39, 0.29) is 5.91 Å². The van der Waals surface area contributed by atoms with Crippen LogP contribution in [-0.2, 0) is 16.0 Å². The van der Waals surface area contributed by atoms with E-state index in [2.05, 4.69) is 11.9 Å². The van der Waals surface area contributed by atoms with E-state index in [4.69, 9.17) is 16.3 Å². The van der Waals surface area contributed by atoms with Crippen molar-refractivity contribution in [2.45, 2.75) is 13.3 Å².